The molecule has 2 aromatic carbocycles. The highest BCUT2D eigenvalue weighted by Gasteiger charge is 2.26. The van der Waals surface area contributed by atoms with Crippen molar-refractivity contribution in [2.24, 2.45) is 5.92 Å². The number of anilines is 1. The fraction of sp³-hybridized carbons (Fsp3) is 0.304. The molecule has 1 saturated heterocycles. The van der Waals surface area contributed by atoms with Crippen molar-refractivity contribution in [2.75, 3.05) is 25.5 Å². The molecule has 1 fully saturated rings. The number of hydrogen-bond acceptors (Lipinski definition) is 7. The van der Waals surface area contributed by atoms with Crippen LogP contribution in [0.4, 0.5) is 5.69 Å². The molecule has 178 valence electrons. The van der Waals surface area contributed by atoms with E-state index in [2.05, 4.69) is 20.4 Å². The van der Waals surface area contributed by atoms with E-state index >= 15 is 0 Å². The minimum absolute atomic E-state index is 0.102. The number of esters is 1. The van der Waals surface area contributed by atoms with E-state index in [0.717, 1.165) is 0 Å². The lowest BCUT2D eigenvalue weighted by atomic mass is 9.95. The summed E-state index contributed by atoms with van der Waals surface area (Å²) < 4.78 is 10.1. The van der Waals surface area contributed by atoms with Gasteiger partial charge >= 0.3 is 5.97 Å². The number of amides is 1. The van der Waals surface area contributed by atoms with Crippen LogP contribution >= 0.6 is 34.8 Å². The fourth-order valence-corrected chi connectivity index (χ4v) is 4.45. The van der Waals surface area contributed by atoms with Gasteiger partial charge in [-0.15, -0.1) is 0 Å². The summed E-state index contributed by atoms with van der Waals surface area (Å²) in [7, 11) is 1.28. The van der Waals surface area contributed by atoms with Gasteiger partial charge in [0.05, 0.1) is 29.3 Å². The Hall–Kier alpha value is -2.65. The molecular weight excluding hydrogens is 503 g/mol. The minimum atomic E-state index is -0.558. The Balaban J connectivity index is 1.31. The third kappa shape index (κ3) is 5.70. The van der Waals surface area contributed by atoms with Crippen molar-refractivity contribution < 1.29 is 18.8 Å². The maximum Gasteiger partial charge on any atom is 0.339 e. The number of rotatable bonds is 6. The highest BCUT2D eigenvalue weighted by Crippen LogP contribution is 2.29. The fourth-order valence-electron chi connectivity index (χ4n) is 3.76. The van der Waals surface area contributed by atoms with Crippen LogP contribution in [-0.2, 0) is 16.1 Å². The van der Waals surface area contributed by atoms with Crippen molar-refractivity contribution in [2.45, 2.75) is 19.4 Å². The zero-order valence-corrected chi connectivity index (χ0v) is 20.5. The normalized spacial score (nSPS) is 14.7. The average molecular weight is 524 g/mol. The van der Waals surface area contributed by atoms with Crippen LogP contribution in [0.5, 0.6) is 0 Å². The number of nitrogens with one attached hydrogen (secondary N) is 1. The van der Waals surface area contributed by atoms with E-state index in [4.69, 9.17) is 44.1 Å². The number of halogens is 3. The molecule has 0 radical (unpaired) electrons. The molecule has 34 heavy (non-hydrogen) atoms. The van der Waals surface area contributed by atoms with E-state index < -0.39 is 5.97 Å². The third-order valence-corrected chi connectivity index (χ3v) is 6.47. The smallest absolute Gasteiger partial charge is 0.339 e. The molecule has 8 nitrogen and oxygen atoms in total. The van der Waals surface area contributed by atoms with Gasteiger partial charge in [0.25, 0.3) is 0 Å². The number of ether oxygens (including phenoxy) is 1. The number of benzene rings is 2. The molecule has 1 N–H and O–H groups in total. The Kier molecular flexibility index (Phi) is 7.73. The Morgan fingerprint density at radius 1 is 1.12 bits per heavy atom. The topological polar surface area (TPSA) is 97.6 Å². The zero-order chi connectivity index (χ0) is 24.2. The molecule has 1 aromatic heterocycles. The van der Waals surface area contributed by atoms with Gasteiger partial charge in [0.15, 0.2) is 0 Å². The van der Waals surface area contributed by atoms with Gasteiger partial charge in [-0.05, 0) is 62.3 Å². The standard InChI is InChI=1S/C23H21Cl3N4O4/c1-33-23(32)17-11-15(3-5-18(17)25)27-22(31)13-6-8-30(9-7-13)12-20-28-21(29-34-20)16-4-2-14(24)10-19(16)26/h2-5,10-11,13H,6-9,12H2,1H3,(H,27,31). The Labute approximate surface area is 211 Å². The number of likely N-dealkylation sites (tertiary alicyclic amines) is 1. The zero-order valence-electron chi connectivity index (χ0n) is 18.2. The summed E-state index contributed by atoms with van der Waals surface area (Å²) in [6.45, 7) is 1.88. The van der Waals surface area contributed by atoms with Crippen molar-refractivity contribution in [3.05, 3.63) is 62.9 Å². The van der Waals surface area contributed by atoms with E-state index in [9.17, 15) is 9.59 Å². The molecule has 0 aliphatic carbocycles. The van der Waals surface area contributed by atoms with Crippen molar-refractivity contribution in [3.63, 3.8) is 0 Å². The van der Waals surface area contributed by atoms with E-state index in [0.29, 0.717) is 65.5 Å². The Morgan fingerprint density at radius 3 is 2.59 bits per heavy atom. The van der Waals surface area contributed by atoms with Crippen LogP contribution < -0.4 is 5.32 Å². The first kappa shape index (κ1) is 24.5. The van der Waals surface area contributed by atoms with Gasteiger partial charge in [-0.25, -0.2) is 4.79 Å². The lowest BCUT2D eigenvalue weighted by Crippen LogP contribution is -2.37. The maximum absolute atomic E-state index is 12.7. The predicted molar refractivity (Wildman–Crippen MR) is 129 cm³/mol. The van der Waals surface area contributed by atoms with Gasteiger partial charge in [-0.3, -0.25) is 9.69 Å². The number of methoxy groups -OCH3 is 1. The number of piperidine rings is 1. The number of carbonyl (C=O) groups is 2. The first-order valence-corrected chi connectivity index (χ1v) is 11.7. The average Bonchev–Trinajstić information content (AvgIpc) is 3.28. The van der Waals surface area contributed by atoms with Crippen LogP contribution in [0, 0.1) is 5.92 Å². The quantitative estimate of drug-likeness (QED) is 0.436. The lowest BCUT2D eigenvalue weighted by Gasteiger charge is -2.30. The van der Waals surface area contributed by atoms with Crippen LogP contribution in [0.2, 0.25) is 15.1 Å². The van der Waals surface area contributed by atoms with E-state index in [1.54, 1.807) is 30.3 Å². The predicted octanol–water partition coefficient (Wildman–Crippen LogP) is 5.33. The summed E-state index contributed by atoms with van der Waals surface area (Å²) in [4.78, 5) is 31.2. The molecule has 11 heteroatoms. The van der Waals surface area contributed by atoms with Gasteiger partial charge in [0.2, 0.25) is 17.6 Å². The van der Waals surface area contributed by atoms with Gasteiger partial charge in [0, 0.05) is 22.2 Å². The SMILES string of the molecule is COC(=O)c1cc(NC(=O)C2CCN(Cc3nc(-c4ccc(Cl)cc4Cl)no3)CC2)ccc1Cl. The molecule has 4 rings (SSSR count). The van der Waals surface area contributed by atoms with E-state index in [-0.39, 0.29) is 22.4 Å². The molecule has 0 saturated carbocycles. The Morgan fingerprint density at radius 2 is 1.88 bits per heavy atom. The maximum atomic E-state index is 12.7. The molecule has 1 aliphatic rings. The van der Waals surface area contributed by atoms with Crippen molar-refractivity contribution >= 4 is 52.4 Å². The highest BCUT2D eigenvalue weighted by atomic mass is 35.5. The second-order valence-corrected chi connectivity index (χ2v) is 9.11. The monoisotopic (exact) mass is 522 g/mol. The number of carbonyl (C=O) groups excluding carboxylic acids is 2. The van der Waals surface area contributed by atoms with Crippen molar-refractivity contribution in [1.82, 2.24) is 15.0 Å². The molecule has 1 aliphatic heterocycles. The summed E-state index contributed by atoms with van der Waals surface area (Å²) in [6, 6.07) is 9.82. The van der Waals surface area contributed by atoms with Crippen LogP contribution in [-0.4, -0.2) is 47.1 Å². The largest absolute Gasteiger partial charge is 0.465 e. The third-order valence-electron chi connectivity index (χ3n) is 5.60. The summed E-state index contributed by atoms with van der Waals surface area (Å²) in [5.74, 6) is 0.0624. The van der Waals surface area contributed by atoms with E-state index in [1.165, 1.54) is 13.2 Å². The van der Waals surface area contributed by atoms with Crippen molar-refractivity contribution in [3.8, 4) is 11.4 Å². The first-order valence-electron chi connectivity index (χ1n) is 10.5. The van der Waals surface area contributed by atoms with E-state index in [1.807, 2.05) is 0 Å². The molecule has 0 bridgehead atoms. The minimum Gasteiger partial charge on any atom is -0.465 e. The van der Waals surface area contributed by atoms with Gasteiger partial charge in [-0.2, -0.15) is 4.98 Å². The van der Waals surface area contributed by atoms with Crippen LogP contribution in [0.3, 0.4) is 0 Å². The first-order chi connectivity index (χ1) is 16.3. The molecule has 1 amide bonds. The van der Waals surface area contributed by atoms with Crippen LogP contribution in [0.15, 0.2) is 40.9 Å². The molecule has 0 atom stereocenters. The Bertz CT molecular complexity index is 1210. The van der Waals surface area contributed by atoms with Crippen LogP contribution in [0.1, 0.15) is 29.1 Å². The number of hydrogen-bond donors (Lipinski definition) is 1. The van der Waals surface area contributed by atoms with Crippen molar-refractivity contribution in [1.29, 1.82) is 0 Å². The lowest BCUT2D eigenvalue weighted by molar-refractivity contribution is -0.121. The highest BCUT2D eigenvalue weighted by molar-refractivity contribution is 6.36. The number of aromatic nitrogens is 2. The van der Waals surface area contributed by atoms with Gasteiger partial charge < -0.3 is 14.6 Å². The van der Waals surface area contributed by atoms with Crippen LogP contribution in [0.25, 0.3) is 11.4 Å². The molecule has 3 aromatic rings. The number of nitrogens with zero attached hydrogens (tertiary/aromatic N) is 3. The summed E-state index contributed by atoms with van der Waals surface area (Å²) >= 11 is 18.2. The van der Waals surface area contributed by atoms with Gasteiger partial charge in [-0.1, -0.05) is 40.0 Å². The second kappa shape index (κ2) is 10.7. The second-order valence-electron chi connectivity index (χ2n) is 7.86. The summed E-state index contributed by atoms with van der Waals surface area (Å²) in [6.07, 6.45) is 1.35. The molecular formula is C23H21Cl3N4O4. The molecule has 0 unspecified atom stereocenters. The molecule has 0 spiro atoms. The summed E-state index contributed by atoms with van der Waals surface area (Å²) in [5, 5.41) is 8.13. The summed E-state index contributed by atoms with van der Waals surface area (Å²) in [5.41, 5.74) is 1.35. The van der Waals surface area contributed by atoms with Gasteiger partial charge in [0.1, 0.15) is 0 Å². The molecule has 2 heterocycles.